The predicted octanol–water partition coefficient (Wildman–Crippen LogP) is 3.16. The molecule has 25 heavy (non-hydrogen) atoms. The second kappa shape index (κ2) is 11.7. The predicted molar refractivity (Wildman–Crippen MR) is 107 cm³/mol. The first-order valence-electron chi connectivity index (χ1n) is 10.4. The third kappa shape index (κ3) is 8.91. The van der Waals surface area contributed by atoms with Crippen LogP contribution in [0.5, 0.6) is 0 Å². The molecule has 1 heterocycles. The Hall–Kier alpha value is -0.810. The molecule has 2 amide bonds. The van der Waals surface area contributed by atoms with E-state index in [1.165, 1.54) is 6.54 Å². The lowest BCUT2D eigenvalue weighted by molar-refractivity contribution is 0.171. The minimum absolute atomic E-state index is 0.00298. The summed E-state index contributed by atoms with van der Waals surface area (Å²) in [6.45, 7) is 19.6. The highest BCUT2D eigenvalue weighted by Gasteiger charge is 2.22. The number of amides is 2. The maximum absolute atomic E-state index is 12.3. The number of likely N-dealkylation sites (tertiary alicyclic amines) is 1. The molecule has 5 heteroatoms. The van der Waals surface area contributed by atoms with E-state index in [0.29, 0.717) is 23.9 Å². The average Bonchev–Trinajstić information content (AvgIpc) is 2.54. The van der Waals surface area contributed by atoms with Crippen LogP contribution in [0.4, 0.5) is 4.79 Å². The van der Waals surface area contributed by atoms with Gasteiger partial charge in [-0.2, -0.15) is 0 Å². The van der Waals surface area contributed by atoms with Gasteiger partial charge in [-0.3, -0.25) is 4.90 Å². The smallest absolute Gasteiger partial charge is 0.315 e. The summed E-state index contributed by atoms with van der Waals surface area (Å²) in [5.41, 5.74) is 0. The molecule has 1 aliphatic rings. The summed E-state index contributed by atoms with van der Waals surface area (Å²) in [6.07, 6.45) is 3.24. The van der Waals surface area contributed by atoms with E-state index in [-0.39, 0.29) is 6.03 Å². The van der Waals surface area contributed by atoms with Crippen molar-refractivity contribution in [2.24, 2.45) is 11.8 Å². The van der Waals surface area contributed by atoms with Crippen molar-refractivity contribution in [2.45, 2.75) is 72.9 Å². The summed E-state index contributed by atoms with van der Waals surface area (Å²) < 4.78 is 0. The number of carbonyl (C=O) groups excluding carboxylic acids is 1. The fourth-order valence-electron chi connectivity index (χ4n) is 3.87. The Balaban J connectivity index is 2.35. The Morgan fingerprint density at radius 2 is 1.68 bits per heavy atom. The van der Waals surface area contributed by atoms with E-state index < -0.39 is 0 Å². The summed E-state index contributed by atoms with van der Waals surface area (Å²) in [5, 5.41) is 6.30. The van der Waals surface area contributed by atoms with Crippen LogP contribution in [0.2, 0.25) is 0 Å². The molecule has 0 radical (unpaired) electrons. The number of nitrogens with zero attached hydrogens (tertiary/aromatic N) is 2. The molecule has 0 aromatic heterocycles. The number of rotatable bonds is 10. The Kier molecular flexibility index (Phi) is 10.4. The van der Waals surface area contributed by atoms with Gasteiger partial charge in [0.25, 0.3) is 0 Å². The van der Waals surface area contributed by atoms with Crippen molar-refractivity contribution >= 4 is 6.03 Å². The second-order valence-electron chi connectivity index (χ2n) is 8.33. The van der Waals surface area contributed by atoms with Gasteiger partial charge in [-0.05, 0) is 44.2 Å². The normalized spacial score (nSPS) is 18.1. The molecule has 0 saturated carbocycles. The van der Waals surface area contributed by atoms with Crippen molar-refractivity contribution in [3.8, 4) is 0 Å². The van der Waals surface area contributed by atoms with Crippen molar-refractivity contribution in [3.63, 3.8) is 0 Å². The summed E-state index contributed by atoms with van der Waals surface area (Å²) in [5.74, 6) is 1.35. The largest absolute Gasteiger partial charge is 0.337 e. The monoisotopic (exact) mass is 354 g/mol. The molecule has 1 fully saturated rings. The van der Waals surface area contributed by atoms with Crippen LogP contribution in [0, 0.1) is 11.8 Å². The zero-order valence-corrected chi connectivity index (χ0v) is 17.5. The first-order valence-corrected chi connectivity index (χ1v) is 10.4. The molecule has 148 valence electrons. The lowest BCUT2D eigenvalue weighted by atomic mass is 10.0. The topological polar surface area (TPSA) is 47.6 Å². The summed E-state index contributed by atoms with van der Waals surface area (Å²) >= 11 is 0. The van der Waals surface area contributed by atoms with Crippen molar-refractivity contribution in [1.82, 2.24) is 20.4 Å². The third-order valence-corrected chi connectivity index (χ3v) is 5.12. The van der Waals surface area contributed by atoms with Gasteiger partial charge in [0, 0.05) is 38.3 Å². The van der Waals surface area contributed by atoms with Crippen LogP contribution < -0.4 is 10.6 Å². The maximum atomic E-state index is 12.3. The molecule has 0 aromatic carbocycles. The molecule has 1 unspecified atom stereocenters. The van der Waals surface area contributed by atoms with Crippen molar-refractivity contribution in [3.05, 3.63) is 0 Å². The minimum atomic E-state index is 0.00298. The van der Waals surface area contributed by atoms with E-state index >= 15 is 0 Å². The van der Waals surface area contributed by atoms with Gasteiger partial charge >= 0.3 is 6.03 Å². The molecule has 1 atom stereocenters. The second-order valence-corrected chi connectivity index (χ2v) is 8.33. The van der Waals surface area contributed by atoms with E-state index in [0.717, 1.165) is 52.0 Å². The standard InChI is InChI=1S/C20H42N4O/c1-7-24(8-2)19(13-16(3)4)14-21-20(25)22-18-9-11-23(12-10-18)15-17(5)6/h16-19H,7-15H2,1-6H3,(H2,21,22,25). The van der Waals surface area contributed by atoms with Gasteiger partial charge in [0.2, 0.25) is 0 Å². The van der Waals surface area contributed by atoms with E-state index in [9.17, 15) is 4.79 Å². The summed E-state index contributed by atoms with van der Waals surface area (Å²) in [4.78, 5) is 17.3. The number of piperidine rings is 1. The molecule has 1 saturated heterocycles. The average molecular weight is 355 g/mol. The number of urea groups is 1. The third-order valence-electron chi connectivity index (χ3n) is 5.12. The van der Waals surface area contributed by atoms with Crippen LogP contribution in [-0.2, 0) is 0 Å². The van der Waals surface area contributed by atoms with Crippen molar-refractivity contribution < 1.29 is 4.79 Å². The van der Waals surface area contributed by atoms with E-state index in [1.54, 1.807) is 0 Å². The van der Waals surface area contributed by atoms with Gasteiger partial charge < -0.3 is 15.5 Å². The fourth-order valence-corrected chi connectivity index (χ4v) is 3.87. The highest BCUT2D eigenvalue weighted by molar-refractivity contribution is 5.74. The molecule has 0 spiro atoms. The van der Waals surface area contributed by atoms with E-state index in [1.807, 2.05) is 0 Å². The number of likely N-dealkylation sites (N-methyl/N-ethyl adjacent to an activating group) is 1. The quantitative estimate of drug-likeness (QED) is 0.633. The van der Waals surface area contributed by atoms with Crippen molar-refractivity contribution in [1.29, 1.82) is 0 Å². The van der Waals surface area contributed by atoms with Gasteiger partial charge in [0.1, 0.15) is 0 Å². The Morgan fingerprint density at radius 3 is 2.16 bits per heavy atom. The molecule has 0 aliphatic carbocycles. The van der Waals surface area contributed by atoms with Crippen LogP contribution in [0.25, 0.3) is 0 Å². The van der Waals surface area contributed by atoms with E-state index in [2.05, 4.69) is 62.0 Å². The van der Waals surface area contributed by atoms with Gasteiger partial charge in [0.15, 0.2) is 0 Å². The Labute approximate surface area is 155 Å². The maximum Gasteiger partial charge on any atom is 0.315 e. The first-order chi connectivity index (χ1) is 11.8. The number of nitrogens with one attached hydrogen (secondary N) is 2. The Morgan fingerprint density at radius 1 is 1.08 bits per heavy atom. The van der Waals surface area contributed by atoms with Crippen LogP contribution in [-0.4, -0.2) is 67.2 Å². The summed E-state index contributed by atoms with van der Waals surface area (Å²) in [7, 11) is 0. The fraction of sp³-hybridized carbons (Fsp3) is 0.950. The first kappa shape index (κ1) is 22.2. The van der Waals surface area contributed by atoms with Gasteiger partial charge in [-0.25, -0.2) is 4.79 Å². The molecule has 5 nitrogen and oxygen atoms in total. The lowest BCUT2D eigenvalue weighted by Gasteiger charge is -2.34. The van der Waals surface area contributed by atoms with Gasteiger partial charge in [0.05, 0.1) is 0 Å². The highest BCUT2D eigenvalue weighted by atomic mass is 16.2. The molecular weight excluding hydrogens is 312 g/mol. The van der Waals surface area contributed by atoms with Crippen LogP contribution in [0.1, 0.15) is 60.8 Å². The number of carbonyl (C=O) groups is 1. The zero-order chi connectivity index (χ0) is 18.8. The van der Waals surface area contributed by atoms with Crippen LogP contribution in [0.15, 0.2) is 0 Å². The van der Waals surface area contributed by atoms with Crippen LogP contribution in [0.3, 0.4) is 0 Å². The van der Waals surface area contributed by atoms with Crippen molar-refractivity contribution in [2.75, 3.05) is 39.3 Å². The molecular formula is C20H42N4O. The zero-order valence-electron chi connectivity index (χ0n) is 17.5. The number of hydrogen-bond acceptors (Lipinski definition) is 3. The Bertz CT molecular complexity index is 361. The van der Waals surface area contributed by atoms with Gasteiger partial charge in [-0.1, -0.05) is 41.5 Å². The molecule has 0 bridgehead atoms. The molecule has 0 aromatic rings. The number of hydrogen-bond donors (Lipinski definition) is 2. The minimum Gasteiger partial charge on any atom is -0.337 e. The highest BCUT2D eigenvalue weighted by Crippen LogP contribution is 2.13. The van der Waals surface area contributed by atoms with E-state index in [4.69, 9.17) is 0 Å². The molecule has 1 aliphatic heterocycles. The van der Waals surface area contributed by atoms with Gasteiger partial charge in [-0.15, -0.1) is 0 Å². The SMILES string of the molecule is CCN(CC)C(CNC(=O)NC1CCN(CC(C)C)CC1)CC(C)C. The van der Waals surface area contributed by atoms with Crippen LogP contribution >= 0.6 is 0 Å². The molecule has 2 N–H and O–H groups in total. The molecule has 1 rings (SSSR count). The summed E-state index contributed by atoms with van der Waals surface area (Å²) in [6, 6.07) is 0.747. The lowest BCUT2D eigenvalue weighted by Crippen LogP contribution is -2.51.